The number of benzene rings is 1. The first kappa shape index (κ1) is 16.2. The second kappa shape index (κ2) is 8.34. The molecule has 1 fully saturated rings. The van der Waals surface area contributed by atoms with E-state index in [9.17, 15) is 5.26 Å². The third-order valence-electron chi connectivity index (χ3n) is 4.34. The molecule has 0 aromatic heterocycles. The average molecular weight is 302 g/mol. The number of anilines is 1. The van der Waals surface area contributed by atoms with Crippen LogP contribution in [0.1, 0.15) is 57.9 Å². The molecule has 114 valence electrons. The molecule has 1 aromatic rings. The summed E-state index contributed by atoms with van der Waals surface area (Å²) in [7, 11) is 0. The fraction of sp³-hybridized carbons (Fsp3) is 0.611. The van der Waals surface area contributed by atoms with Gasteiger partial charge in [-0.1, -0.05) is 32.8 Å². The van der Waals surface area contributed by atoms with Gasteiger partial charge < -0.3 is 5.32 Å². The maximum absolute atomic E-state index is 9.46. The van der Waals surface area contributed by atoms with Gasteiger partial charge in [-0.05, 0) is 49.5 Å². The van der Waals surface area contributed by atoms with E-state index in [1.54, 1.807) is 11.8 Å². The van der Waals surface area contributed by atoms with Gasteiger partial charge in [0.15, 0.2) is 0 Å². The largest absolute Gasteiger partial charge is 0.381 e. The van der Waals surface area contributed by atoms with Crippen LogP contribution in [0.15, 0.2) is 23.1 Å². The molecule has 0 unspecified atom stereocenters. The molecule has 2 rings (SSSR count). The zero-order valence-corrected chi connectivity index (χ0v) is 14.0. The van der Waals surface area contributed by atoms with Crippen LogP contribution >= 0.6 is 11.8 Å². The van der Waals surface area contributed by atoms with Crippen molar-refractivity contribution in [3.63, 3.8) is 0 Å². The molecule has 1 saturated carbocycles. The molecule has 1 N–H and O–H groups in total. The summed E-state index contributed by atoms with van der Waals surface area (Å²) in [6.45, 7) is 4.40. The predicted molar refractivity (Wildman–Crippen MR) is 91.8 cm³/mol. The third-order valence-corrected chi connectivity index (χ3v) is 5.28. The van der Waals surface area contributed by atoms with Crippen LogP contribution in [0.5, 0.6) is 0 Å². The van der Waals surface area contributed by atoms with Crippen LogP contribution in [0, 0.1) is 17.2 Å². The minimum absolute atomic E-state index is 0.534. The number of hydrogen-bond acceptors (Lipinski definition) is 3. The number of hydrogen-bond donors (Lipinski definition) is 1. The number of rotatable bonds is 6. The van der Waals surface area contributed by atoms with E-state index in [0.717, 1.165) is 27.8 Å². The Morgan fingerprint density at radius 1 is 1.24 bits per heavy atom. The smallest absolute Gasteiger partial charge is 0.102 e. The van der Waals surface area contributed by atoms with Gasteiger partial charge in [-0.25, -0.2) is 0 Å². The van der Waals surface area contributed by atoms with Gasteiger partial charge in [0.25, 0.3) is 0 Å². The first-order chi connectivity index (χ1) is 10.3. The van der Waals surface area contributed by atoms with Crippen LogP contribution in [0.2, 0.25) is 0 Å². The van der Waals surface area contributed by atoms with Crippen molar-refractivity contribution in [2.75, 3.05) is 11.1 Å². The second-order valence-electron chi connectivity index (χ2n) is 5.87. The molecule has 21 heavy (non-hydrogen) atoms. The molecule has 0 amide bonds. The number of nitriles is 1. The molecule has 0 bridgehead atoms. The van der Waals surface area contributed by atoms with E-state index in [-0.39, 0.29) is 0 Å². The minimum Gasteiger partial charge on any atom is -0.381 e. The lowest BCUT2D eigenvalue weighted by molar-refractivity contribution is 0.319. The molecule has 1 aromatic carbocycles. The highest BCUT2D eigenvalue weighted by Crippen LogP contribution is 2.32. The van der Waals surface area contributed by atoms with Gasteiger partial charge in [0.2, 0.25) is 0 Å². The third kappa shape index (κ3) is 4.41. The topological polar surface area (TPSA) is 35.8 Å². The Kier molecular flexibility index (Phi) is 6.45. The molecule has 2 nitrogen and oxygen atoms in total. The molecule has 0 aliphatic heterocycles. The van der Waals surface area contributed by atoms with E-state index in [4.69, 9.17) is 0 Å². The van der Waals surface area contributed by atoms with Gasteiger partial charge in [0, 0.05) is 10.9 Å². The molecule has 0 saturated heterocycles. The summed E-state index contributed by atoms with van der Waals surface area (Å²) >= 11 is 1.75. The van der Waals surface area contributed by atoms with Crippen molar-refractivity contribution < 1.29 is 0 Å². The highest BCUT2D eigenvalue weighted by Gasteiger charge is 2.21. The summed E-state index contributed by atoms with van der Waals surface area (Å²) < 4.78 is 0. The van der Waals surface area contributed by atoms with E-state index < -0.39 is 0 Å². The molecule has 0 heterocycles. The maximum Gasteiger partial charge on any atom is 0.102 e. The lowest BCUT2D eigenvalue weighted by Crippen LogP contribution is -2.26. The molecular weight excluding hydrogens is 276 g/mol. The fourth-order valence-corrected chi connectivity index (χ4v) is 4.05. The van der Waals surface area contributed by atoms with Gasteiger partial charge in [-0.3, -0.25) is 0 Å². The van der Waals surface area contributed by atoms with Crippen molar-refractivity contribution in [2.24, 2.45) is 5.92 Å². The SMILES string of the molecule is CCCC1CCC(Nc2cccc(SCC)c2C#N)CC1. The van der Waals surface area contributed by atoms with Crippen molar-refractivity contribution in [1.29, 1.82) is 5.26 Å². The van der Waals surface area contributed by atoms with Crippen LogP contribution in [-0.4, -0.2) is 11.8 Å². The summed E-state index contributed by atoms with van der Waals surface area (Å²) in [6, 6.07) is 9.08. The lowest BCUT2D eigenvalue weighted by Gasteiger charge is -2.30. The molecule has 0 spiro atoms. The van der Waals surface area contributed by atoms with Crippen molar-refractivity contribution in [1.82, 2.24) is 0 Å². The summed E-state index contributed by atoms with van der Waals surface area (Å²) in [5, 5.41) is 13.1. The number of nitrogens with zero attached hydrogens (tertiary/aromatic N) is 1. The van der Waals surface area contributed by atoms with Gasteiger partial charge >= 0.3 is 0 Å². The fourth-order valence-electron chi connectivity index (χ4n) is 3.27. The molecule has 1 aliphatic rings. The second-order valence-corrected chi connectivity index (χ2v) is 7.18. The summed E-state index contributed by atoms with van der Waals surface area (Å²) in [5.74, 6) is 1.92. The van der Waals surface area contributed by atoms with E-state index in [1.807, 2.05) is 0 Å². The Hall–Kier alpha value is -1.14. The molecule has 0 radical (unpaired) electrons. The van der Waals surface area contributed by atoms with Crippen LogP contribution in [0.25, 0.3) is 0 Å². The predicted octanol–water partition coefficient (Wildman–Crippen LogP) is 5.44. The van der Waals surface area contributed by atoms with Crippen molar-refractivity contribution in [3.8, 4) is 6.07 Å². The van der Waals surface area contributed by atoms with Crippen LogP contribution < -0.4 is 5.32 Å². The minimum atomic E-state index is 0.534. The molecule has 3 heteroatoms. The number of thioether (sulfide) groups is 1. The Morgan fingerprint density at radius 2 is 2.00 bits per heavy atom. The van der Waals surface area contributed by atoms with Crippen LogP contribution in [-0.2, 0) is 0 Å². The van der Waals surface area contributed by atoms with Crippen molar-refractivity contribution >= 4 is 17.4 Å². The zero-order valence-electron chi connectivity index (χ0n) is 13.2. The quantitative estimate of drug-likeness (QED) is 0.711. The van der Waals surface area contributed by atoms with Gasteiger partial charge in [-0.2, -0.15) is 5.26 Å². The Labute approximate surface area is 133 Å². The first-order valence-corrected chi connectivity index (χ1v) is 9.19. The Balaban J connectivity index is 2.00. The summed E-state index contributed by atoms with van der Waals surface area (Å²) in [4.78, 5) is 1.10. The Morgan fingerprint density at radius 3 is 2.62 bits per heavy atom. The van der Waals surface area contributed by atoms with Gasteiger partial charge in [-0.15, -0.1) is 11.8 Å². The lowest BCUT2D eigenvalue weighted by atomic mass is 9.83. The van der Waals surface area contributed by atoms with Gasteiger partial charge in [0.1, 0.15) is 6.07 Å². The highest BCUT2D eigenvalue weighted by atomic mass is 32.2. The van der Waals surface area contributed by atoms with E-state index >= 15 is 0 Å². The molecular formula is C18H26N2S. The van der Waals surface area contributed by atoms with E-state index in [2.05, 4.69) is 43.4 Å². The van der Waals surface area contributed by atoms with Gasteiger partial charge in [0.05, 0.1) is 11.3 Å². The first-order valence-electron chi connectivity index (χ1n) is 8.20. The monoisotopic (exact) mass is 302 g/mol. The van der Waals surface area contributed by atoms with E-state index in [0.29, 0.717) is 6.04 Å². The Bertz CT molecular complexity index is 484. The highest BCUT2D eigenvalue weighted by molar-refractivity contribution is 7.99. The standard InChI is InChI=1S/C18H26N2S/c1-3-6-14-9-11-15(12-10-14)20-17-7-5-8-18(21-4-2)16(17)13-19/h5,7-8,14-15,20H,3-4,6,9-12H2,1-2H3. The van der Waals surface area contributed by atoms with Crippen LogP contribution in [0.3, 0.4) is 0 Å². The average Bonchev–Trinajstić information content (AvgIpc) is 2.50. The van der Waals surface area contributed by atoms with Crippen molar-refractivity contribution in [2.45, 2.75) is 63.3 Å². The zero-order chi connectivity index (χ0) is 15.1. The van der Waals surface area contributed by atoms with Crippen molar-refractivity contribution in [3.05, 3.63) is 23.8 Å². The normalized spacial score (nSPS) is 21.8. The molecule has 1 aliphatic carbocycles. The summed E-state index contributed by atoms with van der Waals surface area (Å²) in [5.41, 5.74) is 1.84. The van der Waals surface area contributed by atoms with Crippen LogP contribution in [0.4, 0.5) is 5.69 Å². The summed E-state index contributed by atoms with van der Waals surface area (Å²) in [6.07, 6.45) is 7.81. The van der Waals surface area contributed by atoms with E-state index in [1.165, 1.54) is 38.5 Å². The number of nitrogens with one attached hydrogen (secondary N) is 1. The molecule has 0 atom stereocenters. The maximum atomic E-state index is 9.46.